The highest BCUT2D eigenvalue weighted by Crippen LogP contribution is 2.34. The van der Waals surface area contributed by atoms with Gasteiger partial charge in [0.25, 0.3) is 0 Å². The Morgan fingerprint density at radius 2 is 1.25 bits per heavy atom. The van der Waals surface area contributed by atoms with Gasteiger partial charge in [-0.2, -0.15) is 4.39 Å². The summed E-state index contributed by atoms with van der Waals surface area (Å²) in [4.78, 5) is 0. The second-order valence-electron chi connectivity index (χ2n) is 2.26. The molecule has 0 atom stereocenters. The molecule has 5 heteroatoms. The fraction of sp³-hybridized carbons (Fsp3) is 0.143. The molecule has 0 unspecified atom stereocenters. The van der Waals surface area contributed by atoms with Crippen LogP contribution in [-0.4, -0.2) is 10.2 Å². The van der Waals surface area contributed by atoms with Crippen LogP contribution in [0.15, 0.2) is 0 Å². The summed E-state index contributed by atoms with van der Waals surface area (Å²) in [5.74, 6) is -7.18. The Morgan fingerprint density at radius 1 is 0.833 bits per heavy atom. The lowest BCUT2D eigenvalue weighted by Gasteiger charge is -2.04. The van der Waals surface area contributed by atoms with Gasteiger partial charge in [0.1, 0.15) is 0 Å². The summed E-state index contributed by atoms with van der Waals surface area (Å²) in [5, 5.41) is 17.2. The molecule has 1 aromatic carbocycles. The SMILES string of the molecule is Cc1c(F)c(O)c(O)c(F)c1F. The molecule has 0 aliphatic carbocycles. The molecule has 0 fully saturated rings. The number of hydrogen-bond acceptors (Lipinski definition) is 2. The second kappa shape index (κ2) is 2.58. The number of rotatable bonds is 0. The van der Waals surface area contributed by atoms with Gasteiger partial charge in [-0.05, 0) is 6.92 Å². The Morgan fingerprint density at radius 3 is 1.75 bits per heavy atom. The highest BCUT2D eigenvalue weighted by Gasteiger charge is 2.21. The van der Waals surface area contributed by atoms with Gasteiger partial charge in [-0.25, -0.2) is 8.78 Å². The third-order valence-electron chi connectivity index (χ3n) is 1.49. The lowest BCUT2D eigenvalue weighted by molar-refractivity contribution is 0.341. The summed E-state index contributed by atoms with van der Waals surface area (Å²) in [6.45, 7) is 0.951. The number of benzene rings is 1. The van der Waals surface area contributed by atoms with Gasteiger partial charge in [0.2, 0.25) is 5.82 Å². The molecule has 0 aromatic heterocycles. The van der Waals surface area contributed by atoms with Gasteiger partial charge in [-0.15, -0.1) is 0 Å². The largest absolute Gasteiger partial charge is 0.502 e. The van der Waals surface area contributed by atoms with Gasteiger partial charge in [0.15, 0.2) is 23.1 Å². The van der Waals surface area contributed by atoms with E-state index in [2.05, 4.69) is 0 Å². The van der Waals surface area contributed by atoms with Crippen molar-refractivity contribution in [3.63, 3.8) is 0 Å². The first-order valence-corrected chi connectivity index (χ1v) is 3.01. The van der Waals surface area contributed by atoms with E-state index in [4.69, 9.17) is 10.2 Å². The molecular formula is C7H5F3O2. The monoisotopic (exact) mass is 178 g/mol. The first-order valence-electron chi connectivity index (χ1n) is 3.01. The van der Waals surface area contributed by atoms with Crippen LogP contribution in [0.2, 0.25) is 0 Å². The van der Waals surface area contributed by atoms with E-state index in [1.807, 2.05) is 0 Å². The lowest BCUT2D eigenvalue weighted by atomic mass is 10.2. The molecule has 0 spiro atoms. The predicted molar refractivity (Wildman–Crippen MR) is 34.4 cm³/mol. The second-order valence-corrected chi connectivity index (χ2v) is 2.26. The molecule has 0 bridgehead atoms. The lowest BCUT2D eigenvalue weighted by Crippen LogP contribution is -1.95. The molecule has 1 rings (SSSR count). The number of phenols is 2. The minimum Gasteiger partial charge on any atom is -0.502 e. The Hall–Kier alpha value is -1.39. The zero-order valence-electron chi connectivity index (χ0n) is 6.03. The fourth-order valence-corrected chi connectivity index (χ4v) is 0.750. The van der Waals surface area contributed by atoms with E-state index in [1.165, 1.54) is 0 Å². The van der Waals surface area contributed by atoms with Crippen molar-refractivity contribution in [2.24, 2.45) is 0 Å². The van der Waals surface area contributed by atoms with E-state index >= 15 is 0 Å². The molecule has 0 radical (unpaired) electrons. The summed E-state index contributed by atoms with van der Waals surface area (Å²) >= 11 is 0. The summed E-state index contributed by atoms with van der Waals surface area (Å²) in [7, 11) is 0. The molecule has 66 valence electrons. The van der Waals surface area contributed by atoms with Crippen LogP contribution in [0.3, 0.4) is 0 Å². The third kappa shape index (κ3) is 0.975. The Labute approximate surface area is 65.9 Å². The molecule has 0 saturated carbocycles. The van der Waals surface area contributed by atoms with Crippen LogP contribution in [0.5, 0.6) is 11.5 Å². The van der Waals surface area contributed by atoms with Gasteiger partial charge < -0.3 is 10.2 Å². The van der Waals surface area contributed by atoms with E-state index in [-0.39, 0.29) is 0 Å². The molecule has 0 heterocycles. The molecule has 0 saturated heterocycles. The Balaban J connectivity index is 3.60. The van der Waals surface area contributed by atoms with Crippen LogP contribution in [-0.2, 0) is 0 Å². The number of halogens is 3. The molecule has 2 N–H and O–H groups in total. The third-order valence-corrected chi connectivity index (χ3v) is 1.49. The summed E-state index contributed by atoms with van der Waals surface area (Å²) in [6.07, 6.45) is 0. The van der Waals surface area contributed by atoms with Gasteiger partial charge in [0, 0.05) is 5.56 Å². The normalized spacial score (nSPS) is 10.3. The summed E-state index contributed by atoms with van der Waals surface area (Å²) < 4.78 is 37.6. The van der Waals surface area contributed by atoms with Gasteiger partial charge in [-0.3, -0.25) is 0 Å². The van der Waals surface area contributed by atoms with E-state index < -0.39 is 34.5 Å². The molecule has 0 aliphatic rings. The van der Waals surface area contributed by atoms with Crippen LogP contribution in [0, 0.1) is 24.4 Å². The molecule has 0 aliphatic heterocycles. The van der Waals surface area contributed by atoms with Crippen molar-refractivity contribution in [2.75, 3.05) is 0 Å². The van der Waals surface area contributed by atoms with E-state index in [1.54, 1.807) is 0 Å². The molecular weight excluding hydrogens is 173 g/mol. The quantitative estimate of drug-likeness (QED) is 0.470. The zero-order chi connectivity index (χ0) is 9.46. The van der Waals surface area contributed by atoms with Crippen molar-refractivity contribution in [1.82, 2.24) is 0 Å². The van der Waals surface area contributed by atoms with Gasteiger partial charge in [0.05, 0.1) is 0 Å². The van der Waals surface area contributed by atoms with Crippen molar-refractivity contribution < 1.29 is 23.4 Å². The fourth-order valence-electron chi connectivity index (χ4n) is 0.750. The predicted octanol–water partition coefficient (Wildman–Crippen LogP) is 1.82. The smallest absolute Gasteiger partial charge is 0.204 e. The van der Waals surface area contributed by atoms with Crippen molar-refractivity contribution in [2.45, 2.75) is 6.92 Å². The van der Waals surface area contributed by atoms with Crippen LogP contribution >= 0.6 is 0 Å². The van der Waals surface area contributed by atoms with Crippen LogP contribution in [0.4, 0.5) is 13.2 Å². The number of phenolic OH excluding ortho intramolecular Hbond substituents is 2. The minimum atomic E-state index is -1.65. The maximum atomic E-state index is 12.6. The minimum absolute atomic E-state index is 0.664. The maximum Gasteiger partial charge on any atom is 0.204 e. The molecule has 12 heavy (non-hydrogen) atoms. The Bertz CT molecular complexity index is 231. The average Bonchev–Trinajstić information content (AvgIpc) is 2.08. The molecule has 1 aromatic rings. The zero-order valence-corrected chi connectivity index (χ0v) is 6.03. The standard InChI is InChI=1S/C7H5F3O2/c1-2-3(8)5(10)7(12)6(11)4(2)9/h11-12H,1H3. The van der Waals surface area contributed by atoms with E-state index in [0.29, 0.717) is 0 Å². The molecule has 0 amide bonds. The van der Waals surface area contributed by atoms with E-state index in [0.717, 1.165) is 6.92 Å². The van der Waals surface area contributed by atoms with Crippen molar-refractivity contribution in [3.8, 4) is 11.5 Å². The van der Waals surface area contributed by atoms with Crippen LogP contribution in [0.1, 0.15) is 5.56 Å². The number of aromatic hydroxyl groups is 2. The van der Waals surface area contributed by atoms with Crippen molar-refractivity contribution in [3.05, 3.63) is 23.0 Å². The van der Waals surface area contributed by atoms with E-state index in [9.17, 15) is 13.2 Å². The summed E-state index contributed by atoms with van der Waals surface area (Å²) in [6, 6.07) is 0. The average molecular weight is 178 g/mol. The van der Waals surface area contributed by atoms with Gasteiger partial charge in [-0.1, -0.05) is 0 Å². The van der Waals surface area contributed by atoms with Crippen molar-refractivity contribution >= 4 is 0 Å². The summed E-state index contributed by atoms with van der Waals surface area (Å²) in [5.41, 5.74) is -0.664. The first-order chi connectivity index (χ1) is 5.46. The van der Waals surface area contributed by atoms with Crippen molar-refractivity contribution in [1.29, 1.82) is 0 Å². The Kier molecular flexibility index (Phi) is 1.87. The highest BCUT2D eigenvalue weighted by atomic mass is 19.2. The molecule has 2 nitrogen and oxygen atoms in total. The maximum absolute atomic E-state index is 12.6. The van der Waals surface area contributed by atoms with Crippen LogP contribution in [0.25, 0.3) is 0 Å². The highest BCUT2D eigenvalue weighted by molar-refractivity contribution is 5.44. The van der Waals surface area contributed by atoms with Crippen LogP contribution < -0.4 is 0 Å². The van der Waals surface area contributed by atoms with Gasteiger partial charge >= 0.3 is 0 Å². The number of hydrogen-bond donors (Lipinski definition) is 2. The first kappa shape index (κ1) is 8.70. The topological polar surface area (TPSA) is 40.5 Å².